The maximum atomic E-state index is 12.2. The number of carbonyl (C=O) groups is 1. The molecule has 0 aromatic carbocycles. The number of methoxy groups -OCH3 is 1. The average molecular weight is 343 g/mol. The van der Waals surface area contributed by atoms with Gasteiger partial charge < -0.3 is 14.5 Å². The summed E-state index contributed by atoms with van der Waals surface area (Å²) in [6, 6.07) is 0. The Morgan fingerprint density at radius 2 is 2.22 bits per heavy atom. The van der Waals surface area contributed by atoms with E-state index in [4.69, 9.17) is 9.47 Å². The summed E-state index contributed by atoms with van der Waals surface area (Å²) in [4.78, 5) is 17.8. The summed E-state index contributed by atoms with van der Waals surface area (Å²) in [6.45, 7) is 2.70. The minimum Gasteiger partial charge on any atom is -0.460 e. The zero-order valence-corrected chi connectivity index (χ0v) is 13.5. The van der Waals surface area contributed by atoms with E-state index in [2.05, 4.69) is 19.8 Å². The molecule has 10 nitrogen and oxygen atoms in total. The fraction of sp³-hybridized carbons (Fsp3) is 0.417. The molecule has 2 aromatic heterocycles. The van der Waals surface area contributed by atoms with Gasteiger partial charge in [0.2, 0.25) is 5.82 Å². The number of sulfonamides is 1. The van der Waals surface area contributed by atoms with Crippen LogP contribution in [0.2, 0.25) is 0 Å². The van der Waals surface area contributed by atoms with Gasteiger partial charge in [-0.25, -0.2) is 18.2 Å². The monoisotopic (exact) mass is 343 g/mol. The second-order valence-electron chi connectivity index (χ2n) is 4.40. The number of imidazole rings is 1. The second-order valence-corrected chi connectivity index (χ2v) is 6.09. The predicted octanol–water partition coefficient (Wildman–Crippen LogP) is 0.230. The molecule has 0 aliphatic rings. The first-order valence-corrected chi connectivity index (χ1v) is 8.21. The second kappa shape index (κ2) is 7.24. The highest BCUT2D eigenvalue weighted by Crippen LogP contribution is 2.14. The quantitative estimate of drug-likeness (QED) is 0.656. The number of hydrogen-bond acceptors (Lipinski definition) is 7. The number of rotatable bonds is 8. The van der Waals surface area contributed by atoms with Gasteiger partial charge in [0.25, 0.3) is 10.0 Å². The highest BCUT2D eigenvalue weighted by Gasteiger charge is 2.19. The van der Waals surface area contributed by atoms with E-state index in [1.165, 1.54) is 23.3 Å². The number of esters is 1. The fourth-order valence-electron chi connectivity index (χ4n) is 1.67. The van der Waals surface area contributed by atoms with E-state index in [9.17, 15) is 13.2 Å². The van der Waals surface area contributed by atoms with Crippen molar-refractivity contribution in [3.8, 4) is 0 Å². The summed E-state index contributed by atoms with van der Waals surface area (Å²) in [7, 11) is -2.30. The van der Waals surface area contributed by atoms with Gasteiger partial charge in [0, 0.05) is 13.3 Å². The Kier molecular flexibility index (Phi) is 5.34. The van der Waals surface area contributed by atoms with Gasteiger partial charge in [-0.3, -0.25) is 9.40 Å². The molecule has 2 rings (SSSR count). The molecular formula is C12H17N5O5S. The molecule has 0 aliphatic heterocycles. The Balaban J connectivity index is 2.09. The van der Waals surface area contributed by atoms with Gasteiger partial charge in [-0.15, -0.1) is 0 Å². The van der Waals surface area contributed by atoms with E-state index >= 15 is 0 Å². The minimum atomic E-state index is -3.84. The molecule has 11 heteroatoms. The van der Waals surface area contributed by atoms with E-state index in [0.717, 1.165) is 0 Å². The maximum Gasteiger partial charge on any atom is 0.374 e. The van der Waals surface area contributed by atoms with Gasteiger partial charge in [-0.05, 0) is 6.92 Å². The summed E-state index contributed by atoms with van der Waals surface area (Å²) >= 11 is 0. The van der Waals surface area contributed by atoms with E-state index in [-0.39, 0.29) is 23.1 Å². The number of aromatic amines is 1. The SMILES string of the molecule is CCOC(=O)c1ncc(NS(=O)(=O)c2cnn(CCOC)c2)[nH]1. The van der Waals surface area contributed by atoms with Crippen LogP contribution in [0.4, 0.5) is 5.82 Å². The number of nitrogens with zero attached hydrogens (tertiary/aromatic N) is 3. The summed E-state index contributed by atoms with van der Waals surface area (Å²) < 4.78 is 37.9. The van der Waals surface area contributed by atoms with Crippen molar-refractivity contribution in [2.75, 3.05) is 25.0 Å². The van der Waals surface area contributed by atoms with Crippen LogP contribution in [0.5, 0.6) is 0 Å². The first-order valence-electron chi connectivity index (χ1n) is 6.72. The van der Waals surface area contributed by atoms with E-state index in [0.29, 0.717) is 13.2 Å². The third-order valence-electron chi connectivity index (χ3n) is 2.73. The van der Waals surface area contributed by atoms with Gasteiger partial charge in [0.15, 0.2) is 0 Å². The highest BCUT2D eigenvalue weighted by atomic mass is 32.2. The molecule has 0 unspecified atom stereocenters. The highest BCUT2D eigenvalue weighted by molar-refractivity contribution is 7.92. The van der Waals surface area contributed by atoms with Gasteiger partial charge in [0.05, 0.1) is 32.2 Å². The lowest BCUT2D eigenvalue weighted by molar-refractivity contribution is 0.0513. The Labute approximate surface area is 132 Å². The predicted molar refractivity (Wildman–Crippen MR) is 79.5 cm³/mol. The molecule has 0 bridgehead atoms. The Morgan fingerprint density at radius 3 is 2.91 bits per heavy atom. The maximum absolute atomic E-state index is 12.2. The molecule has 23 heavy (non-hydrogen) atoms. The molecule has 0 saturated carbocycles. The number of anilines is 1. The fourth-order valence-corrected chi connectivity index (χ4v) is 2.63. The summed E-state index contributed by atoms with van der Waals surface area (Å²) in [5.74, 6) is -0.691. The van der Waals surface area contributed by atoms with Crippen LogP contribution in [0.3, 0.4) is 0 Å². The Bertz CT molecular complexity index is 766. The molecular weight excluding hydrogens is 326 g/mol. The zero-order valence-electron chi connectivity index (χ0n) is 12.6. The van der Waals surface area contributed by atoms with Crippen LogP contribution in [0.25, 0.3) is 0 Å². The topological polar surface area (TPSA) is 128 Å². The van der Waals surface area contributed by atoms with Crippen molar-refractivity contribution in [1.82, 2.24) is 19.7 Å². The first kappa shape index (κ1) is 17.0. The smallest absolute Gasteiger partial charge is 0.374 e. The number of nitrogens with one attached hydrogen (secondary N) is 2. The summed E-state index contributed by atoms with van der Waals surface area (Å²) in [6.07, 6.45) is 3.80. The van der Waals surface area contributed by atoms with Crippen LogP contribution < -0.4 is 4.72 Å². The van der Waals surface area contributed by atoms with Crippen molar-refractivity contribution in [3.63, 3.8) is 0 Å². The van der Waals surface area contributed by atoms with Crippen molar-refractivity contribution in [2.24, 2.45) is 0 Å². The van der Waals surface area contributed by atoms with Crippen LogP contribution in [-0.2, 0) is 26.0 Å². The molecule has 0 fully saturated rings. The molecule has 0 aliphatic carbocycles. The van der Waals surface area contributed by atoms with Gasteiger partial charge in [-0.1, -0.05) is 0 Å². The van der Waals surface area contributed by atoms with Crippen molar-refractivity contribution < 1.29 is 22.7 Å². The summed E-state index contributed by atoms with van der Waals surface area (Å²) in [5.41, 5.74) is 0. The molecule has 0 saturated heterocycles. The number of ether oxygens (including phenoxy) is 2. The molecule has 0 spiro atoms. The number of aromatic nitrogens is 4. The van der Waals surface area contributed by atoms with E-state index in [1.807, 2.05) is 0 Å². The Morgan fingerprint density at radius 1 is 1.43 bits per heavy atom. The van der Waals surface area contributed by atoms with Gasteiger partial charge in [-0.2, -0.15) is 5.10 Å². The average Bonchev–Trinajstić information content (AvgIpc) is 3.14. The van der Waals surface area contributed by atoms with Crippen LogP contribution >= 0.6 is 0 Å². The van der Waals surface area contributed by atoms with E-state index in [1.54, 1.807) is 14.0 Å². The molecule has 0 radical (unpaired) electrons. The van der Waals surface area contributed by atoms with Crippen molar-refractivity contribution >= 4 is 21.8 Å². The molecule has 126 valence electrons. The first-order chi connectivity index (χ1) is 11.0. The van der Waals surface area contributed by atoms with Crippen molar-refractivity contribution in [3.05, 3.63) is 24.4 Å². The van der Waals surface area contributed by atoms with Crippen LogP contribution in [0.1, 0.15) is 17.5 Å². The lowest BCUT2D eigenvalue weighted by Gasteiger charge is -2.03. The molecule has 0 amide bonds. The molecule has 0 atom stereocenters. The number of hydrogen-bond donors (Lipinski definition) is 2. The standard InChI is InChI=1S/C12H17N5O5S/c1-3-22-12(18)11-13-7-10(15-11)16-23(19,20)9-6-14-17(8-9)4-5-21-2/h6-8,16H,3-5H2,1-2H3,(H,13,15). The van der Waals surface area contributed by atoms with E-state index < -0.39 is 16.0 Å². The third-order valence-corrected chi connectivity index (χ3v) is 4.05. The molecule has 2 aromatic rings. The lowest BCUT2D eigenvalue weighted by Crippen LogP contribution is -2.13. The molecule has 2 N–H and O–H groups in total. The van der Waals surface area contributed by atoms with Crippen molar-refractivity contribution in [1.29, 1.82) is 0 Å². The summed E-state index contributed by atoms with van der Waals surface area (Å²) in [5, 5.41) is 3.94. The largest absolute Gasteiger partial charge is 0.460 e. The van der Waals surface area contributed by atoms with Gasteiger partial charge in [0.1, 0.15) is 10.7 Å². The van der Waals surface area contributed by atoms with Gasteiger partial charge >= 0.3 is 5.97 Å². The van der Waals surface area contributed by atoms with Crippen molar-refractivity contribution in [2.45, 2.75) is 18.4 Å². The molecule has 2 heterocycles. The third kappa shape index (κ3) is 4.29. The van der Waals surface area contributed by atoms with Crippen LogP contribution in [0, 0.1) is 0 Å². The number of H-pyrrole nitrogens is 1. The Hall–Kier alpha value is -2.40. The zero-order chi connectivity index (χ0) is 16.9. The normalized spacial score (nSPS) is 11.4. The van der Waals surface area contributed by atoms with Crippen LogP contribution in [-0.4, -0.2) is 54.5 Å². The van der Waals surface area contributed by atoms with Crippen LogP contribution in [0.15, 0.2) is 23.5 Å². The minimum absolute atomic E-state index is 0.0131. The lowest BCUT2D eigenvalue weighted by atomic mass is 10.6. The number of carbonyl (C=O) groups excluding carboxylic acids is 1.